The number of sulfonamides is 1. The Kier molecular flexibility index (Phi) is 6.80. The molecule has 2 N–H and O–H groups in total. The first-order chi connectivity index (χ1) is 11.9. The molecule has 1 aromatic carbocycles. The molecule has 0 aliphatic carbocycles. The molecule has 0 unspecified atom stereocenters. The molecule has 1 fully saturated rings. The number of benzene rings is 1. The van der Waals surface area contributed by atoms with Gasteiger partial charge >= 0.3 is 0 Å². The maximum absolute atomic E-state index is 13.0. The van der Waals surface area contributed by atoms with Crippen LogP contribution in [0.4, 0.5) is 0 Å². The average molecular weight is 369 g/mol. The first kappa shape index (κ1) is 19.7. The third-order valence-electron chi connectivity index (χ3n) is 4.55. The normalized spacial score (nSPS) is 16.0. The number of ether oxygens (including phenoxy) is 1. The van der Waals surface area contributed by atoms with Gasteiger partial charge in [-0.05, 0) is 44.1 Å². The van der Waals surface area contributed by atoms with Crippen molar-refractivity contribution in [1.29, 1.82) is 0 Å². The summed E-state index contributed by atoms with van der Waals surface area (Å²) in [5, 5.41) is 6.00. The van der Waals surface area contributed by atoms with Gasteiger partial charge in [0.05, 0.1) is 12.0 Å². The molecule has 8 heteroatoms. The van der Waals surface area contributed by atoms with Gasteiger partial charge in [-0.1, -0.05) is 6.92 Å². The van der Waals surface area contributed by atoms with E-state index in [1.807, 2.05) is 0 Å². The van der Waals surface area contributed by atoms with Gasteiger partial charge < -0.3 is 15.4 Å². The van der Waals surface area contributed by atoms with E-state index in [4.69, 9.17) is 4.74 Å². The van der Waals surface area contributed by atoms with Crippen molar-refractivity contribution in [2.75, 3.05) is 27.2 Å². The van der Waals surface area contributed by atoms with Crippen LogP contribution >= 0.6 is 0 Å². The molecule has 1 amide bonds. The highest BCUT2D eigenvalue weighted by atomic mass is 32.2. The zero-order valence-corrected chi connectivity index (χ0v) is 15.9. The van der Waals surface area contributed by atoms with E-state index in [1.165, 1.54) is 11.4 Å². The summed E-state index contributed by atoms with van der Waals surface area (Å²) in [4.78, 5) is 11.7. The number of nitrogens with one attached hydrogen (secondary N) is 2. The lowest BCUT2D eigenvalue weighted by molar-refractivity contribution is -0.120. The van der Waals surface area contributed by atoms with Crippen molar-refractivity contribution >= 4 is 15.9 Å². The fourth-order valence-electron chi connectivity index (χ4n) is 2.91. The molecule has 2 rings (SSSR count). The molecule has 0 atom stereocenters. The molecule has 0 radical (unpaired) electrons. The monoisotopic (exact) mass is 369 g/mol. The van der Waals surface area contributed by atoms with Gasteiger partial charge in [-0.25, -0.2) is 8.42 Å². The van der Waals surface area contributed by atoms with Crippen LogP contribution in [-0.2, 0) is 21.4 Å². The van der Waals surface area contributed by atoms with Crippen molar-refractivity contribution in [3.05, 3.63) is 23.8 Å². The molecular formula is C17H27N3O4S. The lowest BCUT2D eigenvalue weighted by atomic mass is 10.1. The predicted molar refractivity (Wildman–Crippen MR) is 96.0 cm³/mol. The predicted octanol–water partition coefficient (Wildman–Crippen LogP) is 1.09. The van der Waals surface area contributed by atoms with E-state index in [0.29, 0.717) is 17.7 Å². The second-order valence-electron chi connectivity index (χ2n) is 6.11. The lowest BCUT2D eigenvalue weighted by Crippen LogP contribution is -2.43. The minimum absolute atomic E-state index is 0.00315. The molecule has 140 valence electrons. The molecule has 1 heterocycles. The number of amides is 1. The summed E-state index contributed by atoms with van der Waals surface area (Å²) < 4.78 is 32.7. The molecule has 0 spiro atoms. The van der Waals surface area contributed by atoms with Gasteiger partial charge in [0, 0.05) is 31.6 Å². The first-order valence-corrected chi connectivity index (χ1v) is 9.96. The lowest BCUT2D eigenvalue weighted by Gasteiger charge is -2.31. The maximum Gasteiger partial charge on any atom is 0.243 e. The highest BCUT2D eigenvalue weighted by Crippen LogP contribution is 2.26. The number of hydrogen-bond acceptors (Lipinski definition) is 5. The van der Waals surface area contributed by atoms with E-state index >= 15 is 0 Å². The summed E-state index contributed by atoms with van der Waals surface area (Å²) in [7, 11) is -0.436. The van der Waals surface area contributed by atoms with Crippen molar-refractivity contribution in [3.63, 3.8) is 0 Å². The fourth-order valence-corrected chi connectivity index (χ4v) is 4.37. The number of nitrogens with zero attached hydrogens (tertiary/aromatic N) is 1. The molecule has 25 heavy (non-hydrogen) atoms. The summed E-state index contributed by atoms with van der Waals surface area (Å²) in [5.74, 6) is 0.460. The third kappa shape index (κ3) is 4.71. The molecule has 1 saturated heterocycles. The summed E-state index contributed by atoms with van der Waals surface area (Å²) in [6, 6.07) is 4.77. The van der Waals surface area contributed by atoms with E-state index in [9.17, 15) is 13.2 Å². The second-order valence-corrected chi connectivity index (χ2v) is 8.10. The summed E-state index contributed by atoms with van der Waals surface area (Å²) in [5.41, 5.74) is 0.643. The van der Waals surface area contributed by atoms with Crippen molar-refractivity contribution in [1.82, 2.24) is 14.9 Å². The summed E-state index contributed by atoms with van der Waals surface area (Å²) >= 11 is 0. The van der Waals surface area contributed by atoms with Crippen molar-refractivity contribution in [2.45, 2.75) is 43.7 Å². The van der Waals surface area contributed by atoms with Gasteiger partial charge in [0.25, 0.3) is 0 Å². The smallest absolute Gasteiger partial charge is 0.243 e. The van der Waals surface area contributed by atoms with Crippen molar-refractivity contribution in [2.24, 2.45) is 0 Å². The minimum atomic E-state index is -3.59. The minimum Gasteiger partial charge on any atom is -0.496 e. The van der Waals surface area contributed by atoms with Crippen LogP contribution in [0.5, 0.6) is 5.75 Å². The molecule has 1 aromatic rings. The standard InChI is InChI=1S/C17H27N3O4S/c1-4-17(21)19-12-13-11-15(5-6-16(13)24-3)25(22,23)20(2)14-7-9-18-10-8-14/h5-6,11,14,18H,4,7-10,12H2,1-3H3,(H,19,21). The number of methoxy groups -OCH3 is 1. The number of carbonyl (C=O) groups excluding carboxylic acids is 1. The highest BCUT2D eigenvalue weighted by Gasteiger charge is 2.29. The molecule has 0 saturated carbocycles. The maximum atomic E-state index is 13.0. The zero-order chi connectivity index (χ0) is 18.4. The molecule has 1 aliphatic heterocycles. The van der Waals surface area contributed by atoms with Gasteiger partial charge in [-0.15, -0.1) is 0 Å². The van der Waals surface area contributed by atoms with Crippen LogP contribution < -0.4 is 15.4 Å². The van der Waals surface area contributed by atoms with Crippen LogP contribution in [0.3, 0.4) is 0 Å². The van der Waals surface area contributed by atoms with Crippen LogP contribution in [0.15, 0.2) is 23.1 Å². The van der Waals surface area contributed by atoms with E-state index in [0.717, 1.165) is 25.9 Å². The van der Waals surface area contributed by atoms with Gasteiger partial charge in [0.1, 0.15) is 5.75 Å². The Morgan fingerprint density at radius 1 is 1.36 bits per heavy atom. The van der Waals surface area contributed by atoms with Crippen LogP contribution in [0, 0.1) is 0 Å². The highest BCUT2D eigenvalue weighted by molar-refractivity contribution is 7.89. The summed E-state index contributed by atoms with van der Waals surface area (Å²) in [6.07, 6.45) is 1.97. The number of rotatable bonds is 7. The topological polar surface area (TPSA) is 87.7 Å². The van der Waals surface area contributed by atoms with E-state index in [-0.39, 0.29) is 23.4 Å². The Labute approximate surface area is 149 Å². The molecular weight excluding hydrogens is 342 g/mol. The molecule has 1 aliphatic rings. The Morgan fingerprint density at radius 3 is 2.64 bits per heavy atom. The summed E-state index contributed by atoms with van der Waals surface area (Å²) in [6.45, 7) is 3.64. The van der Waals surface area contributed by atoms with Gasteiger partial charge in [-0.3, -0.25) is 4.79 Å². The van der Waals surface area contributed by atoms with Gasteiger partial charge in [0.2, 0.25) is 15.9 Å². The van der Waals surface area contributed by atoms with Crippen LogP contribution in [0.1, 0.15) is 31.7 Å². The second kappa shape index (κ2) is 8.64. The van der Waals surface area contributed by atoms with E-state index < -0.39 is 10.0 Å². The molecule has 0 aromatic heterocycles. The SMILES string of the molecule is CCC(=O)NCc1cc(S(=O)(=O)N(C)C2CCNCC2)ccc1OC. The Bertz CT molecular complexity index is 700. The molecule has 0 bridgehead atoms. The largest absolute Gasteiger partial charge is 0.496 e. The quantitative estimate of drug-likeness (QED) is 0.751. The number of hydrogen-bond donors (Lipinski definition) is 2. The van der Waals surface area contributed by atoms with Crippen LogP contribution in [0.25, 0.3) is 0 Å². The van der Waals surface area contributed by atoms with Gasteiger partial charge in [-0.2, -0.15) is 4.31 Å². The molecule has 7 nitrogen and oxygen atoms in total. The Morgan fingerprint density at radius 2 is 2.04 bits per heavy atom. The third-order valence-corrected chi connectivity index (χ3v) is 6.45. The number of piperidine rings is 1. The first-order valence-electron chi connectivity index (χ1n) is 8.52. The van der Waals surface area contributed by atoms with Crippen molar-refractivity contribution in [3.8, 4) is 5.75 Å². The Balaban J connectivity index is 2.25. The number of carbonyl (C=O) groups is 1. The van der Waals surface area contributed by atoms with E-state index in [1.54, 1.807) is 32.2 Å². The fraction of sp³-hybridized carbons (Fsp3) is 0.588. The van der Waals surface area contributed by atoms with Crippen LogP contribution in [-0.4, -0.2) is 51.9 Å². The van der Waals surface area contributed by atoms with Crippen molar-refractivity contribution < 1.29 is 17.9 Å². The van der Waals surface area contributed by atoms with E-state index in [2.05, 4.69) is 10.6 Å². The average Bonchev–Trinajstić information content (AvgIpc) is 2.65. The van der Waals surface area contributed by atoms with Gasteiger partial charge in [0.15, 0.2) is 0 Å². The zero-order valence-electron chi connectivity index (χ0n) is 15.0. The van der Waals surface area contributed by atoms with Crippen LogP contribution in [0.2, 0.25) is 0 Å². The Hall–Kier alpha value is -1.64.